The fourth-order valence-corrected chi connectivity index (χ4v) is 1.49. The van der Waals surface area contributed by atoms with E-state index in [1.807, 2.05) is 0 Å². The fraction of sp³-hybridized carbons (Fsp3) is 0.111. The van der Waals surface area contributed by atoms with Crippen LogP contribution in [0.5, 0.6) is 0 Å². The van der Waals surface area contributed by atoms with Crippen LogP contribution in [-0.4, -0.2) is 26.2 Å². The second kappa shape index (κ2) is 4.28. The topological polar surface area (TPSA) is 83.7 Å². The number of aromatic nitrogens is 4. The lowest BCUT2D eigenvalue weighted by atomic mass is 10.2. The molecule has 0 saturated heterocycles. The Bertz CT molecular complexity index is 526. The molecule has 6 nitrogen and oxygen atoms in total. The van der Waals surface area contributed by atoms with Crippen molar-refractivity contribution < 1.29 is 9.90 Å². The second-order valence-electron chi connectivity index (χ2n) is 3.01. The summed E-state index contributed by atoms with van der Waals surface area (Å²) in [5.41, 5.74) is 0.579. The number of carbonyl (C=O) groups excluding carboxylic acids is 1. The van der Waals surface area contributed by atoms with Crippen LogP contribution in [0.1, 0.15) is 0 Å². The summed E-state index contributed by atoms with van der Waals surface area (Å²) >= 11 is 5.95. The summed E-state index contributed by atoms with van der Waals surface area (Å²) in [4.78, 5) is 10.5. The van der Waals surface area contributed by atoms with Crippen LogP contribution in [0.2, 0.25) is 5.02 Å². The van der Waals surface area contributed by atoms with Crippen molar-refractivity contribution in [2.24, 2.45) is 0 Å². The van der Waals surface area contributed by atoms with Crippen molar-refractivity contribution >= 4 is 17.6 Å². The number of tetrazole rings is 1. The molecule has 0 N–H and O–H groups in total. The van der Waals surface area contributed by atoms with E-state index in [2.05, 4.69) is 15.5 Å². The summed E-state index contributed by atoms with van der Waals surface area (Å²) in [5, 5.41) is 21.6. The summed E-state index contributed by atoms with van der Waals surface area (Å²) in [5.74, 6) is -0.963. The SMILES string of the molecule is O=C([O-])Cn1nnnc1-c1ccccc1Cl. The van der Waals surface area contributed by atoms with E-state index in [0.29, 0.717) is 16.4 Å². The zero-order valence-corrected chi connectivity index (χ0v) is 8.76. The van der Waals surface area contributed by atoms with Crippen molar-refractivity contribution in [3.63, 3.8) is 0 Å². The van der Waals surface area contributed by atoms with Gasteiger partial charge in [0.05, 0.1) is 17.5 Å². The third kappa shape index (κ3) is 2.01. The summed E-state index contributed by atoms with van der Waals surface area (Å²) in [6, 6.07) is 6.91. The van der Waals surface area contributed by atoms with E-state index in [0.717, 1.165) is 4.68 Å². The number of benzene rings is 1. The van der Waals surface area contributed by atoms with Gasteiger partial charge >= 0.3 is 0 Å². The molecule has 1 aromatic heterocycles. The molecule has 0 unspecified atom stereocenters. The first-order valence-electron chi connectivity index (χ1n) is 4.39. The van der Waals surface area contributed by atoms with E-state index in [1.54, 1.807) is 24.3 Å². The highest BCUT2D eigenvalue weighted by Crippen LogP contribution is 2.24. The van der Waals surface area contributed by atoms with E-state index in [4.69, 9.17) is 11.6 Å². The highest BCUT2D eigenvalue weighted by Gasteiger charge is 2.11. The van der Waals surface area contributed by atoms with Gasteiger partial charge < -0.3 is 9.90 Å². The smallest absolute Gasteiger partial charge is 0.183 e. The number of carboxylic acids is 1. The first-order valence-corrected chi connectivity index (χ1v) is 4.77. The first-order chi connectivity index (χ1) is 7.68. The number of halogens is 1. The number of hydrogen-bond donors (Lipinski definition) is 0. The molecular formula is C9H6ClN4O2-. The van der Waals surface area contributed by atoms with Crippen molar-refractivity contribution in [3.05, 3.63) is 29.3 Å². The molecule has 0 saturated carbocycles. The molecule has 0 spiro atoms. The number of nitrogens with zero attached hydrogens (tertiary/aromatic N) is 4. The third-order valence-corrected chi connectivity index (χ3v) is 2.26. The molecular weight excluding hydrogens is 232 g/mol. The van der Waals surface area contributed by atoms with Crippen molar-refractivity contribution in [2.75, 3.05) is 0 Å². The average Bonchev–Trinajstić information content (AvgIpc) is 2.66. The van der Waals surface area contributed by atoms with Crippen LogP contribution in [0.3, 0.4) is 0 Å². The Morgan fingerprint density at radius 3 is 2.88 bits per heavy atom. The molecule has 0 aliphatic rings. The predicted molar refractivity (Wildman–Crippen MR) is 53.3 cm³/mol. The van der Waals surface area contributed by atoms with Crippen molar-refractivity contribution in [2.45, 2.75) is 6.54 Å². The van der Waals surface area contributed by atoms with Gasteiger partial charge in [-0.2, -0.15) is 0 Å². The van der Waals surface area contributed by atoms with Gasteiger partial charge in [-0.1, -0.05) is 23.7 Å². The molecule has 0 radical (unpaired) electrons. The second-order valence-corrected chi connectivity index (χ2v) is 3.42. The minimum absolute atomic E-state index is 0.301. The Kier molecular flexibility index (Phi) is 2.82. The normalized spacial score (nSPS) is 10.3. The lowest BCUT2D eigenvalue weighted by Crippen LogP contribution is -2.28. The minimum atomic E-state index is -1.26. The van der Waals surface area contributed by atoms with E-state index < -0.39 is 12.5 Å². The van der Waals surface area contributed by atoms with E-state index in [-0.39, 0.29) is 0 Å². The van der Waals surface area contributed by atoms with Crippen LogP contribution in [-0.2, 0) is 11.3 Å². The van der Waals surface area contributed by atoms with Gasteiger partial charge in [0.15, 0.2) is 5.82 Å². The molecule has 1 aromatic carbocycles. The van der Waals surface area contributed by atoms with Crippen LogP contribution >= 0.6 is 11.6 Å². The molecule has 2 rings (SSSR count). The molecule has 2 aromatic rings. The largest absolute Gasteiger partial charge is 0.548 e. The Balaban J connectivity index is 2.45. The average molecular weight is 238 g/mol. The molecule has 0 bridgehead atoms. The van der Waals surface area contributed by atoms with E-state index in [1.165, 1.54) is 0 Å². The van der Waals surface area contributed by atoms with Crippen LogP contribution in [0, 0.1) is 0 Å². The molecule has 0 amide bonds. The van der Waals surface area contributed by atoms with Gasteiger partial charge in [0.25, 0.3) is 0 Å². The van der Waals surface area contributed by atoms with Crippen molar-refractivity contribution in [1.29, 1.82) is 0 Å². The fourth-order valence-electron chi connectivity index (χ4n) is 1.27. The van der Waals surface area contributed by atoms with Crippen LogP contribution in [0.15, 0.2) is 24.3 Å². The van der Waals surface area contributed by atoms with Gasteiger partial charge in [0.1, 0.15) is 0 Å². The third-order valence-electron chi connectivity index (χ3n) is 1.93. The number of carbonyl (C=O) groups is 1. The maximum Gasteiger partial charge on any atom is 0.183 e. The molecule has 0 aliphatic carbocycles. The van der Waals surface area contributed by atoms with E-state index in [9.17, 15) is 9.90 Å². The highest BCUT2D eigenvalue weighted by atomic mass is 35.5. The van der Waals surface area contributed by atoms with Gasteiger partial charge in [0.2, 0.25) is 0 Å². The van der Waals surface area contributed by atoms with Crippen LogP contribution in [0.4, 0.5) is 0 Å². The minimum Gasteiger partial charge on any atom is -0.548 e. The Hall–Kier alpha value is -1.95. The zero-order valence-electron chi connectivity index (χ0n) is 8.00. The summed E-state index contributed by atoms with van der Waals surface area (Å²) in [6.07, 6.45) is 0. The number of rotatable bonds is 3. The number of carboxylic acid groups (broad SMARTS) is 1. The monoisotopic (exact) mass is 237 g/mol. The van der Waals surface area contributed by atoms with Crippen molar-refractivity contribution in [3.8, 4) is 11.4 Å². The number of aliphatic carboxylic acids is 1. The van der Waals surface area contributed by atoms with Gasteiger partial charge in [-0.3, -0.25) is 0 Å². The van der Waals surface area contributed by atoms with Crippen molar-refractivity contribution in [1.82, 2.24) is 20.2 Å². The predicted octanol–water partition coefficient (Wildman–Crippen LogP) is -0.257. The van der Waals surface area contributed by atoms with Gasteiger partial charge in [-0.15, -0.1) is 5.10 Å². The maximum atomic E-state index is 10.5. The summed E-state index contributed by atoms with van der Waals surface area (Å²) in [7, 11) is 0. The van der Waals surface area contributed by atoms with Crippen LogP contribution in [0.25, 0.3) is 11.4 Å². The molecule has 1 heterocycles. The maximum absolute atomic E-state index is 10.5. The summed E-state index contributed by atoms with van der Waals surface area (Å²) < 4.78 is 1.12. The quantitative estimate of drug-likeness (QED) is 0.735. The standard InChI is InChI=1S/C9H7ClN4O2/c10-7-4-2-1-3-6(7)9-11-12-13-14(9)5-8(15)16/h1-4H,5H2,(H,15,16)/p-1. The lowest BCUT2D eigenvalue weighted by molar-refractivity contribution is -0.306. The molecule has 0 atom stereocenters. The lowest BCUT2D eigenvalue weighted by Gasteiger charge is -2.05. The molecule has 16 heavy (non-hydrogen) atoms. The molecule has 7 heteroatoms. The zero-order chi connectivity index (χ0) is 11.5. The van der Waals surface area contributed by atoms with E-state index >= 15 is 0 Å². The van der Waals surface area contributed by atoms with Gasteiger partial charge in [-0.05, 0) is 22.6 Å². The van der Waals surface area contributed by atoms with Crippen LogP contribution < -0.4 is 5.11 Å². The molecule has 0 fully saturated rings. The highest BCUT2D eigenvalue weighted by molar-refractivity contribution is 6.33. The van der Waals surface area contributed by atoms with Gasteiger partial charge in [-0.25, -0.2) is 4.68 Å². The Morgan fingerprint density at radius 1 is 1.44 bits per heavy atom. The summed E-state index contributed by atoms with van der Waals surface area (Å²) in [6.45, 7) is -0.409. The molecule has 0 aliphatic heterocycles. The van der Waals surface area contributed by atoms with Gasteiger partial charge in [0, 0.05) is 5.56 Å². The first kappa shape index (κ1) is 10.6. The Labute approximate surface area is 95.5 Å². The molecule has 82 valence electrons. The number of hydrogen-bond acceptors (Lipinski definition) is 5. The Morgan fingerprint density at radius 2 is 2.19 bits per heavy atom.